The molecule has 0 spiro atoms. The zero-order valence-corrected chi connectivity index (χ0v) is 13.8. The summed E-state index contributed by atoms with van der Waals surface area (Å²) in [6.07, 6.45) is 5.33. The van der Waals surface area contributed by atoms with Crippen LogP contribution in [0.4, 0.5) is 5.82 Å². The van der Waals surface area contributed by atoms with E-state index in [2.05, 4.69) is 39.8 Å². The predicted octanol–water partition coefficient (Wildman–Crippen LogP) is 1.18. The number of fused-ring (bicyclic) bond motifs is 1. The lowest BCUT2D eigenvalue weighted by molar-refractivity contribution is 0.105. The Bertz CT molecular complexity index is 487. The molecule has 5 nitrogen and oxygen atoms in total. The van der Waals surface area contributed by atoms with Crippen LogP contribution in [-0.2, 0) is 6.54 Å². The van der Waals surface area contributed by atoms with Gasteiger partial charge in [0.1, 0.15) is 5.82 Å². The first-order valence-corrected chi connectivity index (χ1v) is 8.39. The average molecular weight is 304 g/mol. The van der Waals surface area contributed by atoms with Gasteiger partial charge in [-0.05, 0) is 45.5 Å². The fourth-order valence-electron chi connectivity index (χ4n) is 3.74. The van der Waals surface area contributed by atoms with Gasteiger partial charge in [0.25, 0.3) is 0 Å². The molecule has 3 rings (SSSR count). The summed E-state index contributed by atoms with van der Waals surface area (Å²) in [5.41, 5.74) is 1.28. The summed E-state index contributed by atoms with van der Waals surface area (Å²) in [4.78, 5) is 11.8. The first-order chi connectivity index (χ1) is 10.7. The first kappa shape index (κ1) is 15.7. The largest absolute Gasteiger partial charge is 0.394 e. The minimum absolute atomic E-state index is 0.155. The molecule has 2 aliphatic heterocycles. The van der Waals surface area contributed by atoms with Crippen molar-refractivity contribution in [2.45, 2.75) is 37.9 Å². The number of likely N-dealkylation sites (N-methyl/N-ethyl adjacent to an activating group) is 1. The molecule has 0 radical (unpaired) electrons. The molecule has 1 N–H and O–H groups in total. The SMILES string of the molecule is CN1CCC(N2CC[C@@H](CO)N(C)c3ncccc3C2)CC1. The van der Waals surface area contributed by atoms with Crippen LogP contribution in [0.1, 0.15) is 24.8 Å². The van der Waals surface area contributed by atoms with Gasteiger partial charge >= 0.3 is 0 Å². The van der Waals surface area contributed by atoms with Crippen LogP contribution in [0, 0.1) is 0 Å². The zero-order valence-electron chi connectivity index (χ0n) is 13.8. The number of aromatic nitrogens is 1. The average Bonchev–Trinajstić information content (AvgIpc) is 2.54. The van der Waals surface area contributed by atoms with Gasteiger partial charge in [-0.3, -0.25) is 4.90 Å². The molecule has 0 saturated carbocycles. The van der Waals surface area contributed by atoms with E-state index in [1.165, 1.54) is 31.5 Å². The maximum atomic E-state index is 9.74. The Kier molecular flexibility index (Phi) is 4.96. The summed E-state index contributed by atoms with van der Waals surface area (Å²) in [7, 11) is 4.26. The first-order valence-electron chi connectivity index (χ1n) is 8.39. The Hall–Kier alpha value is -1.17. The number of anilines is 1. The number of nitrogens with zero attached hydrogens (tertiary/aromatic N) is 4. The molecule has 22 heavy (non-hydrogen) atoms. The Morgan fingerprint density at radius 3 is 2.68 bits per heavy atom. The van der Waals surface area contributed by atoms with Crippen molar-refractivity contribution in [1.82, 2.24) is 14.8 Å². The highest BCUT2D eigenvalue weighted by Gasteiger charge is 2.28. The fraction of sp³-hybridized carbons (Fsp3) is 0.706. The van der Waals surface area contributed by atoms with Crippen molar-refractivity contribution in [3.8, 4) is 0 Å². The Labute approximate surface area is 133 Å². The number of piperidine rings is 1. The van der Waals surface area contributed by atoms with Crippen molar-refractivity contribution in [2.75, 3.05) is 45.2 Å². The highest BCUT2D eigenvalue weighted by atomic mass is 16.3. The van der Waals surface area contributed by atoms with E-state index >= 15 is 0 Å². The molecule has 0 aliphatic carbocycles. The summed E-state index contributed by atoms with van der Waals surface area (Å²) in [5.74, 6) is 1.03. The smallest absolute Gasteiger partial charge is 0.133 e. The molecular formula is C17H28N4O. The molecule has 0 unspecified atom stereocenters. The van der Waals surface area contributed by atoms with Crippen molar-refractivity contribution >= 4 is 5.82 Å². The summed E-state index contributed by atoms with van der Waals surface area (Å²) in [6, 6.07) is 5.02. The second-order valence-corrected chi connectivity index (χ2v) is 6.73. The van der Waals surface area contributed by atoms with E-state index in [4.69, 9.17) is 0 Å². The number of aliphatic hydroxyl groups excluding tert-OH is 1. The van der Waals surface area contributed by atoms with Gasteiger partial charge < -0.3 is 14.9 Å². The van der Waals surface area contributed by atoms with Crippen molar-refractivity contribution in [2.24, 2.45) is 0 Å². The van der Waals surface area contributed by atoms with Crippen molar-refractivity contribution in [3.63, 3.8) is 0 Å². The number of aliphatic hydroxyl groups is 1. The van der Waals surface area contributed by atoms with Crippen LogP contribution in [0.5, 0.6) is 0 Å². The molecule has 5 heteroatoms. The molecular weight excluding hydrogens is 276 g/mol. The van der Waals surface area contributed by atoms with Crippen molar-refractivity contribution in [1.29, 1.82) is 0 Å². The maximum Gasteiger partial charge on any atom is 0.133 e. The minimum atomic E-state index is 0.155. The van der Waals surface area contributed by atoms with E-state index in [0.717, 1.165) is 25.3 Å². The standard InChI is InChI=1S/C17H28N4O/c1-19-9-5-15(6-10-19)21-11-7-16(13-22)20(2)17-14(12-21)4-3-8-18-17/h3-4,8,15-16,22H,5-7,9-13H2,1-2H3/t16-/m0/s1. The van der Waals surface area contributed by atoms with Gasteiger partial charge in [-0.15, -0.1) is 0 Å². The van der Waals surface area contributed by atoms with Crippen LogP contribution in [0.2, 0.25) is 0 Å². The summed E-state index contributed by atoms with van der Waals surface area (Å²) < 4.78 is 0. The highest BCUT2D eigenvalue weighted by molar-refractivity contribution is 5.47. The highest BCUT2D eigenvalue weighted by Crippen LogP contribution is 2.27. The lowest BCUT2D eigenvalue weighted by Gasteiger charge is -2.41. The van der Waals surface area contributed by atoms with E-state index in [-0.39, 0.29) is 12.6 Å². The number of hydrogen-bond acceptors (Lipinski definition) is 5. The van der Waals surface area contributed by atoms with Crippen LogP contribution in [0.3, 0.4) is 0 Å². The lowest BCUT2D eigenvalue weighted by Crippen LogP contribution is -2.47. The molecule has 0 bridgehead atoms. The van der Waals surface area contributed by atoms with Crippen LogP contribution in [-0.4, -0.2) is 72.3 Å². The lowest BCUT2D eigenvalue weighted by atomic mass is 10.00. The molecule has 0 aromatic carbocycles. The second kappa shape index (κ2) is 6.94. The van der Waals surface area contributed by atoms with Crippen LogP contribution < -0.4 is 4.90 Å². The molecule has 3 heterocycles. The molecule has 1 saturated heterocycles. The quantitative estimate of drug-likeness (QED) is 0.889. The normalized spacial score (nSPS) is 25.6. The van der Waals surface area contributed by atoms with Gasteiger partial charge in [0, 0.05) is 37.9 Å². The van der Waals surface area contributed by atoms with E-state index in [1.54, 1.807) is 0 Å². The van der Waals surface area contributed by atoms with Crippen LogP contribution in [0.25, 0.3) is 0 Å². The van der Waals surface area contributed by atoms with Crippen LogP contribution in [0.15, 0.2) is 18.3 Å². The van der Waals surface area contributed by atoms with Crippen molar-refractivity contribution < 1.29 is 5.11 Å². The summed E-state index contributed by atoms with van der Waals surface area (Å²) in [6.45, 7) is 4.58. The molecule has 0 amide bonds. The monoisotopic (exact) mass is 304 g/mol. The Morgan fingerprint density at radius 1 is 1.18 bits per heavy atom. The van der Waals surface area contributed by atoms with E-state index in [1.807, 2.05) is 12.3 Å². The minimum Gasteiger partial charge on any atom is -0.394 e. The topological polar surface area (TPSA) is 42.8 Å². The number of hydrogen-bond donors (Lipinski definition) is 1. The predicted molar refractivity (Wildman–Crippen MR) is 89.1 cm³/mol. The fourth-order valence-corrected chi connectivity index (χ4v) is 3.74. The Morgan fingerprint density at radius 2 is 1.95 bits per heavy atom. The van der Waals surface area contributed by atoms with E-state index in [9.17, 15) is 5.11 Å². The molecule has 1 aromatic rings. The van der Waals surface area contributed by atoms with Gasteiger partial charge in [0.15, 0.2) is 0 Å². The third kappa shape index (κ3) is 3.26. The number of pyridine rings is 1. The summed E-state index contributed by atoms with van der Waals surface area (Å²) in [5, 5.41) is 9.74. The van der Waals surface area contributed by atoms with Gasteiger partial charge in [-0.1, -0.05) is 6.07 Å². The van der Waals surface area contributed by atoms with Gasteiger partial charge in [-0.2, -0.15) is 0 Å². The van der Waals surface area contributed by atoms with Crippen LogP contribution >= 0.6 is 0 Å². The molecule has 1 atom stereocenters. The number of rotatable bonds is 2. The van der Waals surface area contributed by atoms with Gasteiger partial charge in [0.2, 0.25) is 0 Å². The van der Waals surface area contributed by atoms with Gasteiger partial charge in [0.05, 0.1) is 12.6 Å². The summed E-state index contributed by atoms with van der Waals surface area (Å²) >= 11 is 0. The molecule has 2 aliphatic rings. The third-order valence-corrected chi connectivity index (χ3v) is 5.29. The van der Waals surface area contributed by atoms with Gasteiger partial charge in [-0.25, -0.2) is 4.98 Å². The molecule has 1 aromatic heterocycles. The molecule has 1 fully saturated rings. The zero-order chi connectivity index (χ0) is 15.5. The van der Waals surface area contributed by atoms with E-state index in [0.29, 0.717) is 6.04 Å². The third-order valence-electron chi connectivity index (χ3n) is 5.29. The molecule has 122 valence electrons. The maximum absolute atomic E-state index is 9.74. The van der Waals surface area contributed by atoms with Crippen molar-refractivity contribution in [3.05, 3.63) is 23.9 Å². The number of likely N-dealkylation sites (tertiary alicyclic amines) is 1. The van der Waals surface area contributed by atoms with E-state index < -0.39 is 0 Å². The Balaban J connectivity index is 1.82. The second-order valence-electron chi connectivity index (χ2n) is 6.73.